The SMILES string of the molecule is CC1(C)C=Cc2cc(SC(C[18F])c3ccc(C(C)(C)C)cc3)ccc2O1. The van der Waals surface area contributed by atoms with Crippen LogP contribution in [0.4, 0.5) is 4.39 Å². The number of hydrogen-bond donors (Lipinski definition) is 0. The molecule has 138 valence electrons. The molecular formula is C23H27FOS. The summed E-state index contributed by atoms with van der Waals surface area (Å²) in [7, 11) is 0. The fourth-order valence-corrected chi connectivity index (χ4v) is 4.01. The van der Waals surface area contributed by atoms with E-state index in [1.165, 1.54) is 5.56 Å². The van der Waals surface area contributed by atoms with Crippen LogP contribution < -0.4 is 4.74 Å². The van der Waals surface area contributed by atoms with Crippen LogP contribution in [0.2, 0.25) is 0 Å². The van der Waals surface area contributed by atoms with Gasteiger partial charge in [0.2, 0.25) is 0 Å². The van der Waals surface area contributed by atoms with Gasteiger partial charge in [-0.05, 0) is 54.7 Å². The van der Waals surface area contributed by atoms with Gasteiger partial charge in [-0.1, -0.05) is 51.1 Å². The Bertz CT molecular complexity index is 800. The second-order valence-electron chi connectivity index (χ2n) is 8.37. The number of ether oxygens (including phenoxy) is 1. The lowest BCUT2D eigenvalue weighted by molar-refractivity contribution is 0.159. The Labute approximate surface area is 160 Å². The van der Waals surface area contributed by atoms with Gasteiger partial charge in [-0.25, -0.2) is 4.39 Å². The third kappa shape index (κ3) is 4.32. The monoisotopic (exact) mass is 369 g/mol. The average Bonchev–Trinajstić information content (AvgIpc) is 2.58. The zero-order valence-electron chi connectivity index (χ0n) is 16.2. The van der Waals surface area contributed by atoms with Gasteiger partial charge in [-0.15, -0.1) is 11.8 Å². The van der Waals surface area contributed by atoms with Gasteiger partial charge in [0.25, 0.3) is 0 Å². The van der Waals surface area contributed by atoms with E-state index in [1.807, 2.05) is 26.0 Å². The van der Waals surface area contributed by atoms with Crippen LogP contribution in [0.25, 0.3) is 6.08 Å². The second kappa shape index (κ2) is 7.11. The van der Waals surface area contributed by atoms with Gasteiger partial charge in [0.05, 0.1) is 5.25 Å². The maximum atomic E-state index is 13.7. The Kier molecular flexibility index (Phi) is 5.21. The van der Waals surface area contributed by atoms with E-state index in [1.54, 1.807) is 11.8 Å². The van der Waals surface area contributed by atoms with Gasteiger partial charge in [0, 0.05) is 10.5 Å². The van der Waals surface area contributed by atoms with Crippen LogP contribution >= 0.6 is 11.8 Å². The van der Waals surface area contributed by atoms with Crippen molar-refractivity contribution in [1.82, 2.24) is 0 Å². The molecule has 0 spiro atoms. The molecule has 0 amide bonds. The molecule has 0 aromatic heterocycles. The predicted molar refractivity (Wildman–Crippen MR) is 110 cm³/mol. The highest BCUT2D eigenvalue weighted by atomic mass is 32.2. The Morgan fingerprint density at radius 1 is 1.08 bits per heavy atom. The van der Waals surface area contributed by atoms with Crippen molar-refractivity contribution in [2.45, 2.75) is 55.8 Å². The van der Waals surface area contributed by atoms with Crippen LogP contribution in [0.5, 0.6) is 5.75 Å². The van der Waals surface area contributed by atoms with E-state index in [-0.39, 0.29) is 16.3 Å². The summed E-state index contributed by atoms with van der Waals surface area (Å²) in [6.07, 6.45) is 4.15. The predicted octanol–water partition coefficient (Wildman–Crippen LogP) is 6.97. The molecule has 3 rings (SSSR count). The first-order chi connectivity index (χ1) is 12.2. The minimum atomic E-state index is -0.393. The minimum absolute atomic E-state index is 0.107. The molecule has 2 aromatic carbocycles. The fraction of sp³-hybridized carbons (Fsp3) is 0.391. The van der Waals surface area contributed by atoms with Gasteiger partial charge in [-0.2, -0.15) is 0 Å². The Balaban J connectivity index is 1.79. The van der Waals surface area contributed by atoms with E-state index in [2.05, 4.69) is 63.3 Å². The number of benzene rings is 2. The zero-order chi connectivity index (χ0) is 18.9. The number of fused-ring (bicyclic) bond motifs is 1. The minimum Gasteiger partial charge on any atom is -0.483 e. The molecule has 26 heavy (non-hydrogen) atoms. The first-order valence-corrected chi connectivity index (χ1v) is 9.91. The van der Waals surface area contributed by atoms with Crippen LogP contribution in [0, 0.1) is 0 Å². The zero-order valence-corrected chi connectivity index (χ0v) is 17.0. The molecule has 1 heterocycles. The van der Waals surface area contributed by atoms with E-state index in [0.717, 1.165) is 21.8 Å². The lowest BCUT2D eigenvalue weighted by Crippen LogP contribution is -2.27. The van der Waals surface area contributed by atoms with Gasteiger partial charge in [0.1, 0.15) is 18.0 Å². The standard InChI is InChI=1S/C23H27FOS/c1-22(2,3)18-8-6-16(7-9-18)21(15-24)26-19-10-11-20-17(14-19)12-13-23(4,5)25-20/h6-14,21H,15H2,1-5H3/i24-1. The Morgan fingerprint density at radius 3 is 2.38 bits per heavy atom. The smallest absolute Gasteiger partial charge is 0.127 e. The van der Waals surface area contributed by atoms with E-state index in [9.17, 15) is 4.39 Å². The molecule has 0 aliphatic carbocycles. The molecule has 1 nitrogen and oxygen atoms in total. The van der Waals surface area contributed by atoms with Crippen LogP contribution in [-0.2, 0) is 5.41 Å². The Morgan fingerprint density at radius 2 is 1.77 bits per heavy atom. The van der Waals surface area contributed by atoms with E-state index < -0.39 is 6.67 Å². The maximum Gasteiger partial charge on any atom is 0.127 e. The molecule has 2 aromatic rings. The van der Waals surface area contributed by atoms with Crippen LogP contribution in [0.3, 0.4) is 0 Å². The molecule has 0 fully saturated rings. The van der Waals surface area contributed by atoms with Crippen LogP contribution in [-0.4, -0.2) is 12.3 Å². The molecule has 0 bridgehead atoms. The van der Waals surface area contributed by atoms with Crippen molar-refractivity contribution in [2.24, 2.45) is 0 Å². The summed E-state index contributed by atoms with van der Waals surface area (Å²) in [5.74, 6) is 0.883. The first kappa shape index (κ1) is 19.0. The van der Waals surface area contributed by atoms with E-state index >= 15 is 0 Å². The van der Waals surface area contributed by atoms with Crippen LogP contribution in [0.15, 0.2) is 53.4 Å². The van der Waals surface area contributed by atoms with Crippen LogP contribution in [0.1, 0.15) is 56.6 Å². The molecule has 3 heteroatoms. The topological polar surface area (TPSA) is 9.23 Å². The lowest BCUT2D eigenvalue weighted by Gasteiger charge is -2.28. The molecular weight excluding hydrogens is 342 g/mol. The number of thioether (sulfide) groups is 1. The summed E-state index contributed by atoms with van der Waals surface area (Å²) in [5, 5.41) is -0.202. The van der Waals surface area contributed by atoms with E-state index in [0.29, 0.717) is 0 Å². The summed E-state index contributed by atoms with van der Waals surface area (Å²) < 4.78 is 19.7. The number of halogens is 1. The van der Waals surface area contributed by atoms with Crippen molar-refractivity contribution in [2.75, 3.05) is 6.67 Å². The summed E-state index contributed by atoms with van der Waals surface area (Å²) >= 11 is 1.56. The molecule has 0 saturated heterocycles. The molecule has 1 aliphatic rings. The third-order valence-electron chi connectivity index (χ3n) is 4.59. The maximum absolute atomic E-state index is 13.7. The van der Waals surface area contributed by atoms with Gasteiger partial charge >= 0.3 is 0 Å². The highest BCUT2D eigenvalue weighted by Crippen LogP contribution is 2.40. The van der Waals surface area contributed by atoms with Crippen molar-refractivity contribution < 1.29 is 9.13 Å². The number of rotatable bonds is 4. The van der Waals surface area contributed by atoms with Crippen molar-refractivity contribution >= 4 is 17.8 Å². The summed E-state index contributed by atoms with van der Waals surface area (Å²) in [4.78, 5) is 1.05. The van der Waals surface area contributed by atoms with Crippen molar-refractivity contribution in [3.8, 4) is 5.75 Å². The highest BCUT2D eigenvalue weighted by Gasteiger charge is 2.22. The van der Waals surface area contributed by atoms with E-state index in [4.69, 9.17) is 4.74 Å². The lowest BCUT2D eigenvalue weighted by atomic mass is 9.86. The molecule has 1 atom stereocenters. The quantitative estimate of drug-likeness (QED) is 0.538. The molecule has 0 saturated carbocycles. The second-order valence-corrected chi connectivity index (χ2v) is 9.65. The largest absolute Gasteiger partial charge is 0.483 e. The van der Waals surface area contributed by atoms with Gasteiger partial charge < -0.3 is 4.74 Å². The van der Waals surface area contributed by atoms with Gasteiger partial charge in [-0.3, -0.25) is 0 Å². The third-order valence-corrected chi connectivity index (χ3v) is 5.79. The number of hydrogen-bond acceptors (Lipinski definition) is 2. The van der Waals surface area contributed by atoms with Gasteiger partial charge in [0.15, 0.2) is 0 Å². The fourth-order valence-electron chi connectivity index (χ4n) is 2.98. The summed E-state index contributed by atoms with van der Waals surface area (Å²) in [5.41, 5.74) is 3.17. The Hall–Kier alpha value is -1.74. The van der Waals surface area contributed by atoms with Crippen molar-refractivity contribution in [1.29, 1.82) is 0 Å². The summed E-state index contributed by atoms with van der Waals surface area (Å²) in [6, 6.07) is 14.4. The average molecular weight is 370 g/mol. The molecule has 1 aliphatic heterocycles. The molecule has 0 radical (unpaired) electrons. The van der Waals surface area contributed by atoms with Crippen molar-refractivity contribution in [3.05, 3.63) is 65.2 Å². The number of alkyl halides is 1. The molecule has 1 unspecified atom stereocenters. The molecule has 0 N–H and O–H groups in total. The normalized spacial score (nSPS) is 16.7. The first-order valence-electron chi connectivity index (χ1n) is 9.03. The van der Waals surface area contributed by atoms with Crippen molar-refractivity contribution in [3.63, 3.8) is 0 Å². The highest BCUT2D eigenvalue weighted by molar-refractivity contribution is 7.99. The summed E-state index contributed by atoms with van der Waals surface area (Å²) in [6.45, 7) is 10.2.